The van der Waals surface area contributed by atoms with Crippen LogP contribution in [0.1, 0.15) is 62.6 Å². The molecule has 2 aromatic rings. The molecule has 1 aromatic heterocycles. The predicted octanol–water partition coefficient (Wildman–Crippen LogP) is 4.14. The van der Waals surface area contributed by atoms with Crippen molar-refractivity contribution >= 4 is 29.1 Å². The van der Waals surface area contributed by atoms with Gasteiger partial charge >= 0.3 is 0 Å². The molecule has 1 aliphatic rings. The fourth-order valence-corrected chi connectivity index (χ4v) is 3.52. The fraction of sp³-hybridized carbons (Fsp3) is 0.500. The van der Waals surface area contributed by atoms with E-state index in [1.807, 2.05) is 20.8 Å². The molecule has 144 valence electrons. The zero-order valence-electron chi connectivity index (χ0n) is 16.3. The molecule has 3 rings (SSSR count). The molecule has 27 heavy (non-hydrogen) atoms. The summed E-state index contributed by atoms with van der Waals surface area (Å²) in [7, 11) is 0. The summed E-state index contributed by atoms with van der Waals surface area (Å²) in [5, 5.41) is 12.2. The molecule has 1 aliphatic carbocycles. The van der Waals surface area contributed by atoms with Gasteiger partial charge < -0.3 is 9.88 Å². The van der Waals surface area contributed by atoms with Gasteiger partial charge in [-0.05, 0) is 44.0 Å². The number of rotatable bonds is 7. The maximum Gasteiger partial charge on any atom is 0.229 e. The lowest BCUT2D eigenvalue weighted by Gasteiger charge is -2.17. The summed E-state index contributed by atoms with van der Waals surface area (Å²) in [6.45, 7) is 8.48. The summed E-state index contributed by atoms with van der Waals surface area (Å²) in [4.78, 5) is 24.5. The number of nitrogens with zero attached hydrogens (tertiary/aromatic N) is 3. The summed E-state index contributed by atoms with van der Waals surface area (Å²) in [6.07, 6.45) is 2.36. The van der Waals surface area contributed by atoms with Crippen LogP contribution in [0.3, 0.4) is 0 Å². The van der Waals surface area contributed by atoms with Crippen molar-refractivity contribution in [3.05, 3.63) is 35.7 Å². The molecule has 0 unspecified atom stereocenters. The highest BCUT2D eigenvalue weighted by atomic mass is 32.2. The first-order valence-corrected chi connectivity index (χ1v) is 10.3. The van der Waals surface area contributed by atoms with Gasteiger partial charge in [-0.2, -0.15) is 0 Å². The SMILES string of the molecule is CCn1c(SCC(=O)c2ccc(NC(=O)C(C)(C)C)cc2)nnc1C1CC1. The first-order chi connectivity index (χ1) is 12.8. The van der Waals surface area contributed by atoms with Gasteiger partial charge in [-0.25, -0.2) is 0 Å². The quantitative estimate of drug-likeness (QED) is 0.572. The Hall–Kier alpha value is -2.15. The van der Waals surface area contributed by atoms with Gasteiger partial charge in [-0.15, -0.1) is 10.2 Å². The molecule has 1 fully saturated rings. The topological polar surface area (TPSA) is 76.9 Å². The average molecular weight is 387 g/mol. The third-order valence-electron chi connectivity index (χ3n) is 4.48. The van der Waals surface area contributed by atoms with Crippen molar-refractivity contribution in [1.29, 1.82) is 0 Å². The molecule has 1 amide bonds. The average Bonchev–Trinajstić information content (AvgIpc) is 3.39. The van der Waals surface area contributed by atoms with Crippen LogP contribution < -0.4 is 5.32 Å². The van der Waals surface area contributed by atoms with E-state index < -0.39 is 5.41 Å². The maximum absolute atomic E-state index is 12.5. The van der Waals surface area contributed by atoms with E-state index in [-0.39, 0.29) is 11.7 Å². The first-order valence-electron chi connectivity index (χ1n) is 9.30. The third-order valence-corrected chi connectivity index (χ3v) is 5.45. The van der Waals surface area contributed by atoms with Crippen molar-refractivity contribution in [1.82, 2.24) is 14.8 Å². The Morgan fingerprint density at radius 1 is 1.19 bits per heavy atom. The Morgan fingerprint density at radius 3 is 2.41 bits per heavy atom. The van der Waals surface area contributed by atoms with E-state index in [1.54, 1.807) is 24.3 Å². The minimum absolute atomic E-state index is 0.0346. The largest absolute Gasteiger partial charge is 0.326 e. The zero-order valence-corrected chi connectivity index (χ0v) is 17.1. The van der Waals surface area contributed by atoms with E-state index in [9.17, 15) is 9.59 Å². The molecule has 1 heterocycles. The minimum Gasteiger partial charge on any atom is -0.326 e. The molecular weight excluding hydrogens is 360 g/mol. The second kappa shape index (κ2) is 7.84. The molecule has 0 atom stereocenters. The van der Waals surface area contributed by atoms with Crippen LogP contribution >= 0.6 is 11.8 Å². The summed E-state index contributed by atoms with van der Waals surface area (Å²) in [6, 6.07) is 7.03. The molecule has 1 aromatic carbocycles. The zero-order chi connectivity index (χ0) is 19.6. The van der Waals surface area contributed by atoms with Crippen LogP contribution in [-0.4, -0.2) is 32.2 Å². The van der Waals surface area contributed by atoms with Gasteiger partial charge in [0, 0.05) is 29.1 Å². The Bertz CT molecular complexity index is 833. The van der Waals surface area contributed by atoms with Crippen LogP contribution in [0.4, 0.5) is 5.69 Å². The molecule has 0 saturated heterocycles. The number of hydrogen-bond acceptors (Lipinski definition) is 5. The number of hydrogen-bond donors (Lipinski definition) is 1. The molecule has 1 saturated carbocycles. The molecule has 0 radical (unpaired) electrons. The van der Waals surface area contributed by atoms with Crippen LogP contribution in [0.2, 0.25) is 0 Å². The Labute approximate surface area is 164 Å². The lowest BCUT2D eigenvalue weighted by atomic mass is 9.95. The van der Waals surface area contributed by atoms with Crippen LogP contribution in [0.15, 0.2) is 29.4 Å². The van der Waals surface area contributed by atoms with Gasteiger partial charge in [0.25, 0.3) is 0 Å². The first kappa shape index (κ1) is 19.6. The highest BCUT2D eigenvalue weighted by molar-refractivity contribution is 7.99. The summed E-state index contributed by atoms with van der Waals surface area (Å²) < 4.78 is 2.11. The van der Waals surface area contributed by atoms with Crippen LogP contribution in [0, 0.1) is 5.41 Å². The third kappa shape index (κ3) is 4.77. The summed E-state index contributed by atoms with van der Waals surface area (Å²) in [5.74, 6) is 1.89. The van der Waals surface area contributed by atoms with Crippen LogP contribution in [0.5, 0.6) is 0 Å². The van der Waals surface area contributed by atoms with Gasteiger partial charge in [0.1, 0.15) is 5.82 Å². The normalized spacial score (nSPS) is 14.2. The number of benzene rings is 1. The van der Waals surface area contributed by atoms with Crippen molar-refractivity contribution in [3.63, 3.8) is 0 Å². The minimum atomic E-state index is -0.459. The van der Waals surface area contributed by atoms with Crippen molar-refractivity contribution in [2.45, 2.75) is 58.2 Å². The van der Waals surface area contributed by atoms with Crippen molar-refractivity contribution in [3.8, 4) is 0 Å². The smallest absolute Gasteiger partial charge is 0.229 e. The van der Waals surface area contributed by atoms with Crippen molar-refractivity contribution < 1.29 is 9.59 Å². The second-order valence-electron chi connectivity index (χ2n) is 7.85. The standard InChI is InChI=1S/C20H26N4O2S/c1-5-24-17(14-6-7-14)22-23-19(24)27-12-16(25)13-8-10-15(11-9-13)21-18(26)20(2,3)4/h8-11,14H,5-7,12H2,1-4H3,(H,21,26). The Balaban J connectivity index is 1.59. The number of nitrogens with one attached hydrogen (secondary N) is 1. The number of ketones is 1. The van der Waals surface area contributed by atoms with E-state index >= 15 is 0 Å². The van der Waals surface area contributed by atoms with Gasteiger partial charge in [0.15, 0.2) is 10.9 Å². The monoisotopic (exact) mass is 386 g/mol. The van der Waals surface area contributed by atoms with Gasteiger partial charge in [0.2, 0.25) is 5.91 Å². The Morgan fingerprint density at radius 2 is 1.85 bits per heavy atom. The molecule has 0 bridgehead atoms. The van der Waals surface area contributed by atoms with E-state index in [1.165, 1.54) is 24.6 Å². The van der Waals surface area contributed by atoms with E-state index in [0.717, 1.165) is 17.5 Å². The van der Waals surface area contributed by atoms with Gasteiger partial charge in [0.05, 0.1) is 5.75 Å². The van der Waals surface area contributed by atoms with Gasteiger partial charge in [-0.1, -0.05) is 32.5 Å². The molecule has 6 nitrogen and oxygen atoms in total. The molecular formula is C20H26N4O2S. The predicted molar refractivity (Wildman–Crippen MR) is 107 cm³/mol. The number of thioether (sulfide) groups is 1. The van der Waals surface area contributed by atoms with Crippen molar-refractivity contribution in [2.24, 2.45) is 5.41 Å². The van der Waals surface area contributed by atoms with E-state index in [0.29, 0.717) is 22.9 Å². The van der Waals surface area contributed by atoms with Gasteiger partial charge in [-0.3, -0.25) is 9.59 Å². The number of amides is 1. The van der Waals surface area contributed by atoms with E-state index in [4.69, 9.17) is 0 Å². The number of carbonyl (C=O) groups is 2. The van der Waals surface area contributed by atoms with Crippen molar-refractivity contribution in [2.75, 3.05) is 11.1 Å². The molecule has 0 spiro atoms. The summed E-state index contributed by atoms with van der Waals surface area (Å²) in [5.41, 5.74) is 0.861. The molecule has 7 heteroatoms. The summed E-state index contributed by atoms with van der Waals surface area (Å²) >= 11 is 1.43. The fourth-order valence-electron chi connectivity index (χ4n) is 2.62. The number of Topliss-reactive ketones (excluding diaryl/α,β-unsaturated/α-hetero) is 1. The molecule has 0 aliphatic heterocycles. The number of aromatic nitrogens is 3. The number of carbonyl (C=O) groups excluding carboxylic acids is 2. The van der Waals surface area contributed by atoms with Crippen LogP contribution in [-0.2, 0) is 11.3 Å². The highest BCUT2D eigenvalue weighted by Gasteiger charge is 2.30. The molecule has 1 N–H and O–H groups in total. The van der Waals surface area contributed by atoms with Crippen LogP contribution in [0.25, 0.3) is 0 Å². The van der Waals surface area contributed by atoms with E-state index in [2.05, 4.69) is 27.0 Å². The number of anilines is 1. The lowest BCUT2D eigenvalue weighted by molar-refractivity contribution is -0.123. The Kier molecular flexibility index (Phi) is 5.69. The second-order valence-corrected chi connectivity index (χ2v) is 8.80. The maximum atomic E-state index is 12.5. The highest BCUT2D eigenvalue weighted by Crippen LogP contribution is 2.40. The lowest BCUT2D eigenvalue weighted by Crippen LogP contribution is -2.27.